The summed E-state index contributed by atoms with van der Waals surface area (Å²) in [6.45, 7) is 4.94. The highest BCUT2D eigenvalue weighted by atomic mass is 35.5. The molecular weight excluding hydrogens is 204 g/mol. The lowest BCUT2D eigenvalue weighted by molar-refractivity contribution is 0.614. The molecule has 0 saturated carbocycles. The third-order valence-electron chi connectivity index (χ3n) is 1.64. The van der Waals surface area contributed by atoms with Crippen molar-refractivity contribution >= 4 is 22.9 Å². The lowest BCUT2D eigenvalue weighted by atomic mass is 10.3. The average molecular weight is 217 g/mol. The number of rotatable bonds is 4. The molecule has 1 aromatic rings. The summed E-state index contributed by atoms with van der Waals surface area (Å²) < 4.78 is 0. The van der Waals surface area contributed by atoms with Crippen molar-refractivity contribution in [2.75, 3.05) is 6.54 Å². The molecule has 0 aliphatic heterocycles. The highest BCUT2D eigenvalue weighted by Gasteiger charge is 2.06. The Morgan fingerprint density at radius 2 is 2.54 bits per heavy atom. The van der Waals surface area contributed by atoms with Crippen molar-refractivity contribution in [3.8, 4) is 0 Å². The number of halogens is 1. The lowest BCUT2D eigenvalue weighted by Crippen LogP contribution is -2.18. The van der Waals surface area contributed by atoms with Crippen molar-refractivity contribution in [3.63, 3.8) is 0 Å². The van der Waals surface area contributed by atoms with Crippen LogP contribution in [-0.4, -0.2) is 11.5 Å². The maximum absolute atomic E-state index is 5.40. The van der Waals surface area contributed by atoms with Crippen LogP contribution in [0, 0.1) is 6.92 Å². The second-order valence-corrected chi connectivity index (χ2v) is 4.32. The van der Waals surface area contributed by atoms with E-state index in [1.54, 1.807) is 11.3 Å². The number of thiazole rings is 1. The Balaban J connectivity index is 2.43. The van der Waals surface area contributed by atoms with Crippen molar-refractivity contribution in [2.45, 2.75) is 19.9 Å². The quantitative estimate of drug-likeness (QED) is 0.838. The Morgan fingerprint density at radius 3 is 3.08 bits per heavy atom. The molecule has 0 bridgehead atoms. The number of nitrogens with zero attached hydrogens (tertiary/aromatic N) is 1. The second kappa shape index (κ2) is 5.37. The molecule has 72 valence electrons. The van der Waals surface area contributed by atoms with Crippen LogP contribution >= 0.6 is 22.9 Å². The molecule has 2 nitrogen and oxygen atoms in total. The fourth-order valence-electron chi connectivity index (χ4n) is 0.949. The molecule has 0 amide bonds. The van der Waals surface area contributed by atoms with E-state index in [9.17, 15) is 0 Å². The molecule has 0 aromatic carbocycles. The molecule has 1 rings (SSSR count). The number of aryl methyl sites for hydroxylation is 1. The van der Waals surface area contributed by atoms with Crippen LogP contribution in [0.4, 0.5) is 0 Å². The van der Waals surface area contributed by atoms with Gasteiger partial charge in [0.2, 0.25) is 0 Å². The Bertz CT molecular complexity index is 283. The Hall–Kier alpha value is -0.380. The van der Waals surface area contributed by atoms with Crippen LogP contribution < -0.4 is 5.32 Å². The van der Waals surface area contributed by atoms with Gasteiger partial charge in [-0.15, -0.1) is 11.3 Å². The zero-order valence-electron chi connectivity index (χ0n) is 7.75. The number of hydrogen-bond donors (Lipinski definition) is 1. The van der Waals surface area contributed by atoms with Gasteiger partial charge in [-0.05, 0) is 13.8 Å². The second-order valence-electron chi connectivity index (χ2n) is 2.80. The van der Waals surface area contributed by atoms with Crippen molar-refractivity contribution in [3.05, 3.63) is 27.7 Å². The van der Waals surface area contributed by atoms with Gasteiger partial charge in [0.1, 0.15) is 5.01 Å². The normalized spacial score (nSPS) is 13.8. The SMILES string of the molecule is Cc1cnc(C(C)NC/C=C/Cl)s1. The first-order valence-electron chi connectivity index (χ1n) is 4.15. The van der Waals surface area contributed by atoms with Gasteiger partial charge in [-0.2, -0.15) is 0 Å². The first kappa shape index (κ1) is 10.7. The Labute approximate surface area is 87.6 Å². The highest BCUT2D eigenvalue weighted by molar-refractivity contribution is 7.11. The van der Waals surface area contributed by atoms with E-state index in [1.807, 2.05) is 12.3 Å². The van der Waals surface area contributed by atoms with Gasteiger partial charge < -0.3 is 5.32 Å². The predicted molar refractivity (Wildman–Crippen MR) is 58.3 cm³/mol. The third-order valence-corrected chi connectivity index (χ3v) is 2.91. The maximum Gasteiger partial charge on any atom is 0.109 e. The molecule has 0 aliphatic carbocycles. The summed E-state index contributed by atoms with van der Waals surface area (Å²) in [6.07, 6.45) is 3.77. The van der Waals surface area contributed by atoms with Crippen molar-refractivity contribution in [1.29, 1.82) is 0 Å². The summed E-state index contributed by atoms with van der Waals surface area (Å²) in [5, 5.41) is 4.42. The molecule has 1 N–H and O–H groups in total. The standard InChI is InChI=1S/C9H13ClN2S/c1-7-6-12-9(13-7)8(2)11-5-3-4-10/h3-4,6,8,11H,5H2,1-2H3/b4-3+. The van der Waals surface area contributed by atoms with E-state index in [0.717, 1.165) is 11.6 Å². The van der Waals surface area contributed by atoms with Gasteiger partial charge in [-0.1, -0.05) is 17.7 Å². The van der Waals surface area contributed by atoms with Crippen LogP contribution in [-0.2, 0) is 0 Å². The summed E-state index contributed by atoms with van der Waals surface area (Å²) >= 11 is 7.12. The number of aromatic nitrogens is 1. The topological polar surface area (TPSA) is 24.9 Å². The average Bonchev–Trinajstić information content (AvgIpc) is 2.52. The van der Waals surface area contributed by atoms with E-state index < -0.39 is 0 Å². The van der Waals surface area contributed by atoms with E-state index in [0.29, 0.717) is 6.04 Å². The van der Waals surface area contributed by atoms with Crippen molar-refractivity contribution in [1.82, 2.24) is 10.3 Å². The van der Waals surface area contributed by atoms with Crippen LogP contribution in [0.3, 0.4) is 0 Å². The minimum atomic E-state index is 0.298. The van der Waals surface area contributed by atoms with Crippen molar-refractivity contribution in [2.24, 2.45) is 0 Å². The highest BCUT2D eigenvalue weighted by Crippen LogP contribution is 2.18. The molecule has 1 unspecified atom stereocenters. The molecule has 13 heavy (non-hydrogen) atoms. The molecule has 0 saturated heterocycles. The van der Waals surface area contributed by atoms with Crippen LogP contribution in [0.25, 0.3) is 0 Å². The maximum atomic E-state index is 5.40. The van der Waals surface area contributed by atoms with E-state index >= 15 is 0 Å². The molecule has 0 radical (unpaired) electrons. The van der Waals surface area contributed by atoms with Crippen LogP contribution in [0.15, 0.2) is 17.8 Å². The Kier molecular flexibility index (Phi) is 4.42. The minimum absolute atomic E-state index is 0.298. The molecule has 0 aliphatic rings. The van der Waals surface area contributed by atoms with Gasteiger partial charge in [-0.25, -0.2) is 4.98 Å². The van der Waals surface area contributed by atoms with E-state index in [2.05, 4.69) is 24.1 Å². The zero-order valence-corrected chi connectivity index (χ0v) is 9.32. The smallest absolute Gasteiger partial charge is 0.109 e. The van der Waals surface area contributed by atoms with Crippen LogP contribution in [0.5, 0.6) is 0 Å². The molecular formula is C9H13ClN2S. The minimum Gasteiger partial charge on any atom is -0.305 e. The summed E-state index contributed by atoms with van der Waals surface area (Å²) in [6, 6.07) is 0.298. The van der Waals surface area contributed by atoms with Gasteiger partial charge in [0.15, 0.2) is 0 Å². The van der Waals surface area contributed by atoms with Crippen molar-refractivity contribution < 1.29 is 0 Å². The molecule has 0 fully saturated rings. The van der Waals surface area contributed by atoms with E-state index in [4.69, 9.17) is 11.6 Å². The summed E-state index contributed by atoms with van der Waals surface area (Å²) in [5.74, 6) is 0. The molecule has 1 aromatic heterocycles. The molecule has 1 heterocycles. The monoisotopic (exact) mass is 216 g/mol. The van der Waals surface area contributed by atoms with Gasteiger partial charge in [0, 0.05) is 23.2 Å². The molecule has 4 heteroatoms. The van der Waals surface area contributed by atoms with Gasteiger partial charge in [0.25, 0.3) is 0 Å². The number of hydrogen-bond acceptors (Lipinski definition) is 3. The summed E-state index contributed by atoms with van der Waals surface area (Å²) in [5.41, 5.74) is 1.52. The molecule has 1 atom stereocenters. The first-order chi connectivity index (χ1) is 6.24. The largest absolute Gasteiger partial charge is 0.305 e. The predicted octanol–water partition coefficient (Wildman–Crippen LogP) is 2.85. The van der Waals surface area contributed by atoms with Crippen LogP contribution in [0.2, 0.25) is 0 Å². The van der Waals surface area contributed by atoms with Gasteiger partial charge in [0.05, 0.1) is 6.04 Å². The molecule has 0 spiro atoms. The van der Waals surface area contributed by atoms with Gasteiger partial charge >= 0.3 is 0 Å². The third kappa shape index (κ3) is 3.46. The van der Waals surface area contributed by atoms with E-state index in [1.165, 1.54) is 10.4 Å². The zero-order chi connectivity index (χ0) is 9.68. The van der Waals surface area contributed by atoms with E-state index in [-0.39, 0.29) is 0 Å². The van der Waals surface area contributed by atoms with Gasteiger partial charge in [-0.3, -0.25) is 0 Å². The Morgan fingerprint density at radius 1 is 1.77 bits per heavy atom. The number of nitrogens with one attached hydrogen (secondary N) is 1. The first-order valence-corrected chi connectivity index (χ1v) is 5.40. The lowest BCUT2D eigenvalue weighted by Gasteiger charge is -2.07. The van der Waals surface area contributed by atoms with Crippen LogP contribution in [0.1, 0.15) is 22.9 Å². The summed E-state index contributed by atoms with van der Waals surface area (Å²) in [4.78, 5) is 5.54. The summed E-state index contributed by atoms with van der Waals surface area (Å²) in [7, 11) is 0. The fourth-order valence-corrected chi connectivity index (χ4v) is 1.84. The fraction of sp³-hybridized carbons (Fsp3) is 0.444.